The first-order valence-electron chi connectivity index (χ1n) is 5.41. The Kier molecular flexibility index (Phi) is 4.38. The van der Waals surface area contributed by atoms with E-state index < -0.39 is 0 Å². The van der Waals surface area contributed by atoms with Crippen LogP contribution in [0.4, 0.5) is 0 Å². The van der Waals surface area contributed by atoms with Gasteiger partial charge in [0.2, 0.25) is 0 Å². The van der Waals surface area contributed by atoms with Crippen molar-refractivity contribution in [2.75, 3.05) is 7.11 Å². The maximum absolute atomic E-state index is 11.5. The first-order valence-corrected chi connectivity index (χ1v) is 6.29. The summed E-state index contributed by atoms with van der Waals surface area (Å²) in [5.74, 6) is -0.363. The fraction of sp³-hybridized carbons (Fsp3) is 0.250. The molecule has 0 aliphatic heterocycles. The highest BCUT2D eigenvalue weighted by Gasteiger charge is 2.11. The quantitative estimate of drug-likeness (QED) is 0.830. The number of pyridine rings is 1. The third kappa shape index (κ3) is 3.12. The summed E-state index contributed by atoms with van der Waals surface area (Å²) in [7, 11) is 1.36. The minimum absolute atomic E-state index is 0.363. The average Bonchev–Trinajstić information content (AvgIpc) is 2.92. The fourth-order valence-electron chi connectivity index (χ4n) is 1.51. The molecule has 0 saturated heterocycles. The molecule has 0 bridgehead atoms. The summed E-state index contributed by atoms with van der Waals surface area (Å²) >= 11 is 1.59. The van der Waals surface area contributed by atoms with E-state index in [4.69, 9.17) is 4.74 Å². The maximum Gasteiger partial charge on any atom is 0.339 e. The van der Waals surface area contributed by atoms with Crippen molar-refractivity contribution in [3.63, 3.8) is 0 Å². The molecule has 0 aliphatic carbocycles. The van der Waals surface area contributed by atoms with Gasteiger partial charge in [-0.2, -0.15) is 0 Å². The van der Waals surface area contributed by atoms with Crippen LogP contribution in [0.15, 0.2) is 30.0 Å². The monoisotopic (exact) mass is 263 g/mol. The zero-order valence-corrected chi connectivity index (χ0v) is 10.7. The molecule has 0 aromatic carbocycles. The fourth-order valence-corrected chi connectivity index (χ4v) is 2.07. The molecule has 0 fully saturated rings. The van der Waals surface area contributed by atoms with Crippen molar-refractivity contribution in [1.82, 2.24) is 15.3 Å². The van der Waals surface area contributed by atoms with Gasteiger partial charge in [0.25, 0.3) is 0 Å². The van der Waals surface area contributed by atoms with Crippen molar-refractivity contribution >= 4 is 17.3 Å². The Morgan fingerprint density at radius 2 is 2.39 bits per heavy atom. The lowest BCUT2D eigenvalue weighted by atomic mass is 10.2. The van der Waals surface area contributed by atoms with E-state index in [1.165, 1.54) is 7.11 Å². The van der Waals surface area contributed by atoms with Gasteiger partial charge in [-0.3, -0.25) is 9.97 Å². The van der Waals surface area contributed by atoms with Gasteiger partial charge in [0.1, 0.15) is 0 Å². The summed E-state index contributed by atoms with van der Waals surface area (Å²) in [5, 5.41) is 3.22. The molecule has 0 spiro atoms. The van der Waals surface area contributed by atoms with Gasteiger partial charge in [0.15, 0.2) is 0 Å². The highest BCUT2D eigenvalue weighted by molar-refractivity contribution is 7.09. The van der Waals surface area contributed by atoms with Crippen LogP contribution in [0.2, 0.25) is 0 Å². The Morgan fingerprint density at radius 1 is 1.50 bits per heavy atom. The van der Waals surface area contributed by atoms with Gasteiger partial charge in [-0.25, -0.2) is 4.79 Å². The Balaban J connectivity index is 1.98. The maximum atomic E-state index is 11.5. The van der Waals surface area contributed by atoms with Crippen LogP contribution in [0.1, 0.15) is 20.9 Å². The molecule has 0 amide bonds. The molecular weight excluding hydrogens is 250 g/mol. The second-order valence-electron chi connectivity index (χ2n) is 3.56. The largest absolute Gasteiger partial charge is 0.465 e. The number of hydrogen-bond donors (Lipinski definition) is 1. The van der Waals surface area contributed by atoms with Gasteiger partial charge in [0, 0.05) is 30.4 Å². The normalized spacial score (nSPS) is 10.3. The predicted octanol–water partition coefficient (Wildman–Crippen LogP) is 1.61. The van der Waals surface area contributed by atoms with Gasteiger partial charge in [-0.05, 0) is 12.1 Å². The van der Waals surface area contributed by atoms with Crippen LogP contribution in [-0.4, -0.2) is 23.0 Å². The molecule has 18 heavy (non-hydrogen) atoms. The molecule has 0 aliphatic rings. The summed E-state index contributed by atoms with van der Waals surface area (Å²) in [6.07, 6.45) is 3.48. The molecule has 0 atom stereocenters. The van der Waals surface area contributed by atoms with E-state index in [2.05, 4.69) is 15.3 Å². The minimum atomic E-state index is -0.363. The number of nitrogens with one attached hydrogen (secondary N) is 1. The first-order chi connectivity index (χ1) is 8.81. The number of thiazole rings is 1. The lowest BCUT2D eigenvalue weighted by Gasteiger charge is -2.07. The van der Waals surface area contributed by atoms with E-state index in [0.29, 0.717) is 24.3 Å². The van der Waals surface area contributed by atoms with Crippen molar-refractivity contribution in [3.05, 3.63) is 46.2 Å². The van der Waals surface area contributed by atoms with Crippen LogP contribution < -0.4 is 5.32 Å². The van der Waals surface area contributed by atoms with E-state index >= 15 is 0 Å². The number of carbonyl (C=O) groups is 1. The highest BCUT2D eigenvalue weighted by atomic mass is 32.1. The number of hydrogen-bond acceptors (Lipinski definition) is 6. The Bertz CT molecular complexity index is 514. The zero-order chi connectivity index (χ0) is 12.8. The lowest BCUT2D eigenvalue weighted by molar-refractivity contribution is 0.0598. The van der Waals surface area contributed by atoms with Crippen molar-refractivity contribution in [3.8, 4) is 0 Å². The number of aromatic nitrogens is 2. The van der Waals surface area contributed by atoms with Gasteiger partial charge >= 0.3 is 5.97 Å². The summed E-state index contributed by atoms with van der Waals surface area (Å²) in [5.41, 5.74) is 2.98. The third-order valence-electron chi connectivity index (χ3n) is 2.37. The SMILES string of the molecule is COC(=O)c1cccnc1CNCc1cncs1. The van der Waals surface area contributed by atoms with Crippen LogP contribution in [0.5, 0.6) is 0 Å². The van der Waals surface area contributed by atoms with Crippen LogP contribution in [0.3, 0.4) is 0 Å². The van der Waals surface area contributed by atoms with E-state index in [1.807, 2.05) is 6.20 Å². The average molecular weight is 263 g/mol. The topological polar surface area (TPSA) is 64.1 Å². The summed E-state index contributed by atoms with van der Waals surface area (Å²) < 4.78 is 4.71. The van der Waals surface area contributed by atoms with Gasteiger partial charge < -0.3 is 10.1 Å². The minimum Gasteiger partial charge on any atom is -0.465 e. The Labute approximate surface area is 109 Å². The van der Waals surface area contributed by atoms with Gasteiger partial charge in [-0.15, -0.1) is 11.3 Å². The van der Waals surface area contributed by atoms with Crippen molar-refractivity contribution < 1.29 is 9.53 Å². The number of ether oxygens (including phenoxy) is 1. The first kappa shape index (κ1) is 12.7. The molecule has 6 heteroatoms. The smallest absolute Gasteiger partial charge is 0.339 e. The molecule has 2 aromatic heterocycles. The molecule has 94 valence electrons. The molecule has 0 radical (unpaired) electrons. The Morgan fingerprint density at radius 3 is 3.11 bits per heavy atom. The molecule has 2 aromatic rings. The molecular formula is C12H13N3O2S. The van der Waals surface area contributed by atoms with Crippen LogP contribution in [0.25, 0.3) is 0 Å². The third-order valence-corrected chi connectivity index (χ3v) is 3.15. The van der Waals surface area contributed by atoms with Gasteiger partial charge in [-0.1, -0.05) is 0 Å². The van der Waals surface area contributed by atoms with Gasteiger partial charge in [0.05, 0.1) is 23.9 Å². The van der Waals surface area contributed by atoms with Crippen LogP contribution >= 0.6 is 11.3 Å². The molecule has 2 heterocycles. The van der Waals surface area contributed by atoms with Crippen LogP contribution in [-0.2, 0) is 17.8 Å². The lowest BCUT2D eigenvalue weighted by Crippen LogP contribution is -2.16. The Hall–Kier alpha value is -1.79. The van der Waals surface area contributed by atoms with E-state index in [-0.39, 0.29) is 5.97 Å². The number of rotatable bonds is 5. The number of carbonyl (C=O) groups excluding carboxylic acids is 1. The zero-order valence-electron chi connectivity index (χ0n) is 9.92. The molecule has 0 unspecified atom stereocenters. The molecule has 5 nitrogen and oxygen atoms in total. The molecule has 0 saturated carbocycles. The standard InChI is InChI=1S/C12H13N3O2S/c1-17-12(16)10-3-2-4-15-11(10)7-13-5-9-6-14-8-18-9/h2-4,6,8,13H,5,7H2,1H3. The second-order valence-corrected chi connectivity index (χ2v) is 4.53. The van der Waals surface area contributed by atoms with Crippen LogP contribution in [0, 0.1) is 0 Å². The van der Waals surface area contributed by atoms with E-state index in [9.17, 15) is 4.79 Å². The van der Waals surface area contributed by atoms with Crippen molar-refractivity contribution in [1.29, 1.82) is 0 Å². The molecule has 1 N–H and O–H groups in total. The summed E-state index contributed by atoms with van der Waals surface area (Å²) in [4.78, 5) is 20.9. The van der Waals surface area contributed by atoms with Crippen molar-refractivity contribution in [2.45, 2.75) is 13.1 Å². The van der Waals surface area contributed by atoms with E-state index in [1.54, 1.807) is 35.2 Å². The highest BCUT2D eigenvalue weighted by Crippen LogP contribution is 2.08. The van der Waals surface area contributed by atoms with Crippen molar-refractivity contribution in [2.24, 2.45) is 0 Å². The number of methoxy groups -OCH3 is 1. The molecule has 2 rings (SSSR count). The summed E-state index contributed by atoms with van der Waals surface area (Å²) in [6, 6.07) is 3.43. The second kappa shape index (κ2) is 6.23. The summed E-state index contributed by atoms with van der Waals surface area (Å²) in [6.45, 7) is 1.23. The number of esters is 1. The predicted molar refractivity (Wildman–Crippen MR) is 68.2 cm³/mol. The number of nitrogens with zero attached hydrogens (tertiary/aromatic N) is 2. The van der Waals surface area contributed by atoms with E-state index in [0.717, 1.165) is 4.88 Å².